The zero-order chi connectivity index (χ0) is 12.1. The molecule has 1 amide bonds. The van der Waals surface area contributed by atoms with Crippen molar-refractivity contribution in [2.24, 2.45) is 0 Å². The lowest BCUT2D eigenvalue weighted by molar-refractivity contribution is 0.0783. The van der Waals surface area contributed by atoms with Gasteiger partial charge in [0.2, 0.25) is 0 Å². The van der Waals surface area contributed by atoms with Crippen LogP contribution in [0.25, 0.3) is 0 Å². The van der Waals surface area contributed by atoms with Crippen molar-refractivity contribution in [1.82, 2.24) is 4.90 Å². The normalized spacial score (nSPS) is 12.5. The predicted octanol–water partition coefficient (Wildman–Crippen LogP) is 2.07. The first-order valence-electron chi connectivity index (χ1n) is 4.98. The van der Waals surface area contributed by atoms with E-state index in [1.54, 1.807) is 25.1 Å². The van der Waals surface area contributed by atoms with E-state index in [0.29, 0.717) is 18.7 Å². The maximum Gasteiger partial charge on any atom is 0.256 e. The van der Waals surface area contributed by atoms with Crippen LogP contribution in [0.4, 0.5) is 0 Å². The SMILES string of the molecule is COCC(Br)CN(C)C(=O)c1coc(C)c1. The third-order valence-corrected chi connectivity index (χ3v) is 2.70. The van der Waals surface area contributed by atoms with Crippen LogP contribution in [0.2, 0.25) is 0 Å². The Bertz CT molecular complexity index is 351. The third kappa shape index (κ3) is 3.64. The van der Waals surface area contributed by atoms with Crippen molar-refractivity contribution in [1.29, 1.82) is 0 Å². The Morgan fingerprint density at radius 1 is 1.69 bits per heavy atom. The standard InChI is InChI=1S/C11H16BrNO3/c1-8-4-9(6-16-8)11(14)13(2)5-10(12)7-15-3/h4,6,10H,5,7H2,1-3H3. The Morgan fingerprint density at radius 3 is 2.88 bits per heavy atom. The van der Waals surface area contributed by atoms with Gasteiger partial charge in [-0.15, -0.1) is 0 Å². The number of nitrogens with zero attached hydrogens (tertiary/aromatic N) is 1. The fourth-order valence-electron chi connectivity index (χ4n) is 1.39. The number of aryl methyl sites for hydroxylation is 1. The maximum absolute atomic E-state index is 11.9. The van der Waals surface area contributed by atoms with Gasteiger partial charge in [0.25, 0.3) is 5.91 Å². The Morgan fingerprint density at radius 2 is 2.38 bits per heavy atom. The average Bonchev–Trinajstić information content (AvgIpc) is 2.64. The molecule has 0 fully saturated rings. The molecule has 5 heteroatoms. The summed E-state index contributed by atoms with van der Waals surface area (Å²) in [5.41, 5.74) is 0.581. The van der Waals surface area contributed by atoms with E-state index in [-0.39, 0.29) is 10.7 Å². The molecular formula is C11H16BrNO3. The Balaban J connectivity index is 2.54. The molecule has 1 heterocycles. The van der Waals surface area contributed by atoms with Gasteiger partial charge in [-0.1, -0.05) is 15.9 Å². The van der Waals surface area contributed by atoms with Crippen molar-refractivity contribution in [3.8, 4) is 0 Å². The number of carbonyl (C=O) groups excluding carboxylic acids is 1. The number of methoxy groups -OCH3 is 1. The van der Waals surface area contributed by atoms with Crippen LogP contribution < -0.4 is 0 Å². The van der Waals surface area contributed by atoms with Crippen LogP contribution in [0.1, 0.15) is 16.1 Å². The summed E-state index contributed by atoms with van der Waals surface area (Å²) in [5.74, 6) is 0.696. The van der Waals surface area contributed by atoms with E-state index in [2.05, 4.69) is 15.9 Å². The quantitative estimate of drug-likeness (QED) is 0.780. The molecule has 90 valence electrons. The van der Waals surface area contributed by atoms with E-state index in [1.807, 2.05) is 6.92 Å². The number of rotatable bonds is 5. The minimum atomic E-state index is -0.0441. The summed E-state index contributed by atoms with van der Waals surface area (Å²) >= 11 is 3.44. The van der Waals surface area contributed by atoms with Crippen LogP contribution in [-0.4, -0.2) is 42.9 Å². The molecule has 1 aromatic heterocycles. The van der Waals surface area contributed by atoms with Crippen molar-refractivity contribution in [2.45, 2.75) is 11.8 Å². The van der Waals surface area contributed by atoms with Gasteiger partial charge in [0.1, 0.15) is 12.0 Å². The third-order valence-electron chi connectivity index (χ3n) is 2.14. The van der Waals surface area contributed by atoms with Gasteiger partial charge in [-0.2, -0.15) is 0 Å². The van der Waals surface area contributed by atoms with E-state index in [9.17, 15) is 4.79 Å². The number of carbonyl (C=O) groups is 1. The molecular weight excluding hydrogens is 274 g/mol. The topological polar surface area (TPSA) is 42.7 Å². The number of furan rings is 1. The summed E-state index contributed by atoms with van der Waals surface area (Å²) in [4.78, 5) is 13.7. The van der Waals surface area contributed by atoms with Gasteiger partial charge in [0, 0.05) is 20.7 Å². The molecule has 0 aliphatic rings. The van der Waals surface area contributed by atoms with Crippen LogP contribution in [0.5, 0.6) is 0 Å². The van der Waals surface area contributed by atoms with Gasteiger partial charge in [0.05, 0.1) is 17.0 Å². The molecule has 1 atom stereocenters. The van der Waals surface area contributed by atoms with Crippen LogP contribution in [-0.2, 0) is 4.74 Å². The lowest BCUT2D eigenvalue weighted by atomic mass is 10.2. The highest BCUT2D eigenvalue weighted by molar-refractivity contribution is 9.09. The molecule has 0 bridgehead atoms. The van der Waals surface area contributed by atoms with Gasteiger partial charge in [-0.3, -0.25) is 4.79 Å². The van der Waals surface area contributed by atoms with Crippen LogP contribution in [0, 0.1) is 6.92 Å². The molecule has 0 radical (unpaired) electrons. The molecule has 0 N–H and O–H groups in total. The van der Waals surface area contributed by atoms with Crippen LogP contribution >= 0.6 is 15.9 Å². The number of halogens is 1. The summed E-state index contributed by atoms with van der Waals surface area (Å²) in [6.07, 6.45) is 1.48. The number of amides is 1. The molecule has 0 aromatic carbocycles. The highest BCUT2D eigenvalue weighted by atomic mass is 79.9. The maximum atomic E-state index is 11.9. The zero-order valence-electron chi connectivity index (χ0n) is 9.70. The van der Waals surface area contributed by atoms with Gasteiger partial charge in [-0.25, -0.2) is 0 Å². The van der Waals surface area contributed by atoms with Gasteiger partial charge >= 0.3 is 0 Å². The Kier molecular flexibility index (Phi) is 5.02. The molecule has 1 aromatic rings. The second-order valence-corrected chi connectivity index (χ2v) is 4.98. The second kappa shape index (κ2) is 6.06. The van der Waals surface area contributed by atoms with Gasteiger partial charge in [0.15, 0.2) is 0 Å². The molecule has 1 unspecified atom stereocenters. The minimum Gasteiger partial charge on any atom is -0.469 e. The van der Waals surface area contributed by atoms with Crippen molar-refractivity contribution in [2.75, 3.05) is 27.3 Å². The summed E-state index contributed by atoms with van der Waals surface area (Å²) < 4.78 is 10.1. The van der Waals surface area contributed by atoms with Crippen molar-refractivity contribution in [3.05, 3.63) is 23.7 Å². The molecule has 0 spiro atoms. The largest absolute Gasteiger partial charge is 0.469 e. The lowest BCUT2D eigenvalue weighted by Gasteiger charge is -2.19. The average molecular weight is 290 g/mol. The molecule has 0 aliphatic heterocycles. The van der Waals surface area contributed by atoms with Crippen molar-refractivity contribution in [3.63, 3.8) is 0 Å². The molecule has 0 aliphatic carbocycles. The molecule has 0 saturated carbocycles. The predicted molar refractivity (Wildman–Crippen MR) is 65.0 cm³/mol. The van der Waals surface area contributed by atoms with E-state index in [1.165, 1.54) is 6.26 Å². The summed E-state index contributed by atoms with van der Waals surface area (Å²) in [6, 6.07) is 1.73. The summed E-state index contributed by atoms with van der Waals surface area (Å²) in [6.45, 7) is 2.98. The zero-order valence-corrected chi connectivity index (χ0v) is 11.3. The first-order chi connectivity index (χ1) is 7.54. The Labute approximate surface area is 104 Å². The number of alkyl halides is 1. The van der Waals surface area contributed by atoms with Crippen molar-refractivity contribution < 1.29 is 13.9 Å². The van der Waals surface area contributed by atoms with E-state index in [4.69, 9.17) is 9.15 Å². The minimum absolute atomic E-state index is 0.0441. The molecule has 16 heavy (non-hydrogen) atoms. The highest BCUT2D eigenvalue weighted by Gasteiger charge is 2.16. The smallest absolute Gasteiger partial charge is 0.256 e. The lowest BCUT2D eigenvalue weighted by Crippen LogP contribution is -2.33. The first kappa shape index (κ1) is 13.3. The molecule has 0 saturated heterocycles. The number of ether oxygens (including phenoxy) is 1. The number of hydrogen-bond acceptors (Lipinski definition) is 3. The highest BCUT2D eigenvalue weighted by Crippen LogP contribution is 2.10. The fraction of sp³-hybridized carbons (Fsp3) is 0.545. The van der Waals surface area contributed by atoms with Crippen LogP contribution in [0.15, 0.2) is 16.7 Å². The summed E-state index contributed by atoms with van der Waals surface area (Å²) in [5, 5.41) is 0. The van der Waals surface area contributed by atoms with Crippen LogP contribution in [0.3, 0.4) is 0 Å². The van der Waals surface area contributed by atoms with Gasteiger partial charge in [-0.05, 0) is 13.0 Å². The molecule has 4 nitrogen and oxygen atoms in total. The monoisotopic (exact) mass is 289 g/mol. The van der Waals surface area contributed by atoms with E-state index >= 15 is 0 Å². The second-order valence-electron chi connectivity index (χ2n) is 3.68. The first-order valence-corrected chi connectivity index (χ1v) is 5.89. The van der Waals surface area contributed by atoms with E-state index < -0.39 is 0 Å². The summed E-state index contributed by atoms with van der Waals surface area (Å²) in [7, 11) is 3.39. The number of hydrogen-bond donors (Lipinski definition) is 0. The van der Waals surface area contributed by atoms with E-state index in [0.717, 1.165) is 5.76 Å². The van der Waals surface area contributed by atoms with Gasteiger partial charge < -0.3 is 14.1 Å². The molecule has 1 rings (SSSR count). The Hall–Kier alpha value is -0.810. The fourth-order valence-corrected chi connectivity index (χ4v) is 2.09. The van der Waals surface area contributed by atoms with Crippen molar-refractivity contribution >= 4 is 21.8 Å².